The molecule has 2 aromatic rings. The number of hydrogen-bond donors (Lipinski definition) is 3. The molecule has 0 bridgehead atoms. The highest BCUT2D eigenvalue weighted by molar-refractivity contribution is 7.89. The predicted molar refractivity (Wildman–Crippen MR) is 134 cm³/mol. The predicted octanol–water partition coefficient (Wildman–Crippen LogP) is 4.78. The van der Waals surface area contributed by atoms with E-state index >= 15 is 0 Å². The van der Waals surface area contributed by atoms with Crippen LogP contribution in [0.2, 0.25) is 0 Å². The largest absolute Gasteiger partial charge is 0.593 e. The Morgan fingerprint density at radius 2 is 1.82 bits per heavy atom. The number of nitrogens with one attached hydrogen (secondary N) is 1. The van der Waals surface area contributed by atoms with Crippen molar-refractivity contribution in [2.45, 2.75) is 96.2 Å². The standard InChI is InChI=1S/C26H39N3O3S/c1-17-20(24(27)30)15-22(29(17)16-18-10-8-7-9-11-18)19-12-13-23(21(14-19)26(5,6)31)33(32)28-25(2,3)4/h12-15,18,28,31H,7-11,16H2,1-6H3,(H2,27,30). The van der Waals surface area contributed by atoms with Gasteiger partial charge in [-0.3, -0.25) is 4.79 Å². The highest BCUT2D eigenvalue weighted by Gasteiger charge is 2.31. The SMILES string of the molecule is Cc1c(C(N)=O)cc(-c2ccc([S+]([O-])NC(C)(C)C)c(C(C)(C)O)c2)n1CC1CCCCC1. The Bertz CT molecular complexity index is 995. The third kappa shape index (κ3) is 6.21. The fourth-order valence-electron chi connectivity index (χ4n) is 4.66. The van der Waals surface area contributed by atoms with Crippen LogP contribution in [-0.4, -0.2) is 25.7 Å². The first-order valence-electron chi connectivity index (χ1n) is 11.8. The molecule has 1 fully saturated rings. The van der Waals surface area contributed by atoms with Crippen molar-refractivity contribution in [1.82, 2.24) is 9.29 Å². The zero-order valence-corrected chi connectivity index (χ0v) is 21.6. The van der Waals surface area contributed by atoms with Gasteiger partial charge < -0.3 is 20.0 Å². The fraction of sp³-hybridized carbons (Fsp3) is 0.577. The Hall–Kier alpha value is -1.80. The lowest BCUT2D eigenvalue weighted by Crippen LogP contribution is -2.41. The Morgan fingerprint density at radius 1 is 1.18 bits per heavy atom. The smallest absolute Gasteiger partial charge is 0.250 e. The van der Waals surface area contributed by atoms with Crippen molar-refractivity contribution in [1.29, 1.82) is 0 Å². The number of nitrogens with two attached hydrogens (primary N) is 1. The lowest BCUT2D eigenvalue weighted by atomic mass is 9.89. The van der Waals surface area contributed by atoms with Gasteiger partial charge in [-0.1, -0.05) is 19.3 Å². The number of benzene rings is 1. The summed E-state index contributed by atoms with van der Waals surface area (Å²) in [5.41, 5.74) is 7.91. The second-order valence-corrected chi connectivity index (χ2v) is 12.1. The summed E-state index contributed by atoms with van der Waals surface area (Å²) in [6.45, 7) is 12.0. The summed E-state index contributed by atoms with van der Waals surface area (Å²) in [7, 11) is 0. The second-order valence-electron chi connectivity index (χ2n) is 10.9. The van der Waals surface area contributed by atoms with Crippen molar-refractivity contribution in [3.63, 3.8) is 0 Å². The molecule has 6 nitrogen and oxygen atoms in total. The van der Waals surface area contributed by atoms with Crippen molar-refractivity contribution in [2.75, 3.05) is 0 Å². The van der Waals surface area contributed by atoms with Gasteiger partial charge in [0.25, 0.3) is 5.91 Å². The van der Waals surface area contributed by atoms with E-state index < -0.39 is 22.9 Å². The van der Waals surface area contributed by atoms with Gasteiger partial charge >= 0.3 is 0 Å². The molecule has 4 N–H and O–H groups in total. The topological polar surface area (TPSA) is 103 Å². The first kappa shape index (κ1) is 25.8. The van der Waals surface area contributed by atoms with E-state index in [4.69, 9.17) is 5.73 Å². The summed E-state index contributed by atoms with van der Waals surface area (Å²) in [5, 5.41) is 10.9. The molecule has 7 heteroatoms. The minimum Gasteiger partial charge on any atom is -0.593 e. The van der Waals surface area contributed by atoms with Gasteiger partial charge in [0.1, 0.15) is 0 Å². The van der Waals surface area contributed by atoms with Crippen molar-refractivity contribution in [3.8, 4) is 11.3 Å². The van der Waals surface area contributed by atoms with Gasteiger partial charge in [-0.2, -0.15) is 0 Å². The number of amides is 1. The van der Waals surface area contributed by atoms with Crippen LogP contribution in [0, 0.1) is 12.8 Å². The van der Waals surface area contributed by atoms with Crippen molar-refractivity contribution in [3.05, 3.63) is 41.1 Å². The summed E-state index contributed by atoms with van der Waals surface area (Å²) in [4.78, 5) is 12.7. The first-order valence-corrected chi connectivity index (χ1v) is 13.0. The van der Waals surface area contributed by atoms with Crippen molar-refractivity contribution in [2.24, 2.45) is 11.7 Å². The van der Waals surface area contributed by atoms with Crippen molar-refractivity contribution >= 4 is 17.3 Å². The van der Waals surface area contributed by atoms with Crippen LogP contribution in [0.25, 0.3) is 11.3 Å². The first-order chi connectivity index (χ1) is 15.3. The van der Waals surface area contributed by atoms with Gasteiger partial charge in [0.05, 0.1) is 28.1 Å². The van der Waals surface area contributed by atoms with Crippen LogP contribution in [0.15, 0.2) is 29.2 Å². The summed E-state index contributed by atoms with van der Waals surface area (Å²) in [5.74, 6) is 0.131. The molecule has 1 aliphatic rings. The van der Waals surface area contributed by atoms with E-state index in [2.05, 4.69) is 9.29 Å². The molecule has 1 unspecified atom stereocenters. The van der Waals surface area contributed by atoms with Crippen LogP contribution in [0.5, 0.6) is 0 Å². The number of primary amides is 1. The maximum absolute atomic E-state index is 13.1. The maximum Gasteiger partial charge on any atom is 0.250 e. The Balaban J connectivity index is 2.09. The van der Waals surface area contributed by atoms with E-state index in [-0.39, 0.29) is 5.54 Å². The van der Waals surface area contributed by atoms with E-state index in [9.17, 15) is 14.5 Å². The van der Waals surface area contributed by atoms with Crippen LogP contribution in [0.1, 0.15) is 88.3 Å². The molecule has 33 heavy (non-hydrogen) atoms. The molecule has 3 rings (SSSR count). The summed E-state index contributed by atoms with van der Waals surface area (Å²) < 4.78 is 18.4. The lowest BCUT2D eigenvalue weighted by Gasteiger charge is -2.27. The molecular formula is C26H39N3O3S. The molecule has 0 spiro atoms. The Kier molecular flexibility index (Phi) is 7.68. The molecule has 0 radical (unpaired) electrons. The molecule has 0 aliphatic heterocycles. The minimum absolute atomic E-state index is 0.345. The number of aromatic nitrogens is 1. The van der Waals surface area contributed by atoms with Gasteiger partial charge in [0.15, 0.2) is 4.90 Å². The third-order valence-electron chi connectivity index (χ3n) is 6.33. The molecular weight excluding hydrogens is 434 g/mol. The minimum atomic E-state index is -1.48. The second kappa shape index (κ2) is 9.82. The molecule has 0 saturated heterocycles. The van der Waals surface area contributed by atoms with E-state index in [1.165, 1.54) is 32.1 Å². The zero-order chi connectivity index (χ0) is 24.6. The normalized spacial score (nSPS) is 16.7. The summed E-state index contributed by atoms with van der Waals surface area (Å²) >= 11 is -1.48. The quantitative estimate of drug-likeness (QED) is 0.503. The number of hydrogen-bond acceptors (Lipinski definition) is 4. The number of rotatable bonds is 7. The average Bonchev–Trinajstić information content (AvgIpc) is 3.03. The van der Waals surface area contributed by atoms with Crippen LogP contribution in [0.3, 0.4) is 0 Å². The number of nitrogens with zero attached hydrogens (tertiary/aromatic N) is 1. The van der Waals surface area contributed by atoms with Gasteiger partial charge in [-0.05, 0) is 90.1 Å². The lowest BCUT2D eigenvalue weighted by molar-refractivity contribution is 0.0755. The van der Waals surface area contributed by atoms with E-state index in [1.807, 2.05) is 52.0 Å². The van der Waals surface area contributed by atoms with Crippen LogP contribution in [-0.2, 0) is 23.5 Å². The number of aliphatic hydroxyl groups is 1. The molecule has 1 heterocycles. The fourth-order valence-corrected chi connectivity index (χ4v) is 6.03. The van der Waals surface area contributed by atoms with E-state index in [0.29, 0.717) is 21.9 Å². The van der Waals surface area contributed by atoms with Gasteiger partial charge in [0.2, 0.25) is 0 Å². The molecule has 1 saturated carbocycles. The number of carbonyl (C=O) groups excluding carboxylic acids is 1. The number of carbonyl (C=O) groups is 1. The monoisotopic (exact) mass is 473 g/mol. The van der Waals surface area contributed by atoms with Crippen LogP contribution < -0.4 is 10.5 Å². The van der Waals surface area contributed by atoms with Gasteiger partial charge in [-0.25, -0.2) is 0 Å². The van der Waals surface area contributed by atoms with Gasteiger partial charge in [0, 0.05) is 23.5 Å². The molecule has 1 amide bonds. The van der Waals surface area contributed by atoms with Crippen LogP contribution in [0.4, 0.5) is 0 Å². The molecule has 1 aromatic heterocycles. The highest BCUT2D eigenvalue weighted by Crippen LogP contribution is 2.35. The van der Waals surface area contributed by atoms with E-state index in [1.54, 1.807) is 13.8 Å². The average molecular weight is 474 g/mol. The molecule has 1 aromatic carbocycles. The molecule has 1 aliphatic carbocycles. The summed E-state index contributed by atoms with van der Waals surface area (Å²) in [6, 6.07) is 7.49. The maximum atomic E-state index is 13.1. The van der Waals surface area contributed by atoms with Crippen LogP contribution >= 0.6 is 0 Å². The third-order valence-corrected chi connectivity index (χ3v) is 7.88. The Labute approximate surface area is 201 Å². The summed E-state index contributed by atoms with van der Waals surface area (Å²) in [6.07, 6.45) is 6.15. The van der Waals surface area contributed by atoms with Gasteiger partial charge in [-0.15, -0.1) is 4.72 Å². The highest BCUT2D eigenvalue weighted by atomic mass is 32.2. The molecule has 182 valence electrons. The zero-order valence-electron chi connectivity index (χ0n) is 20.8. The Morgan fingerprint density at radius 3 is 2.36 bits per heavy atom. The van der Waals surface area contributed by atoms with E-state index in [0.717, 1.165) is 23.5 Å². The molecule has 1 atom stereocenters. The van der Waals surface area contributed by atoms with Crippen molar-refractivity contribution < 1.29 is 14.5 Å².